The van der Waals surface area contributed by atoms with E-state index in [2.05, 4.69) is 14.8 Å². The van der Waals surface area contributed by atoms with Crippen molar-refractivity contribution in [2.24, 2.45) is 0 Å². The van der Waals surface area contributed by atoms with Crippen LogP contribution in [-0.4, -0.2) is 45.4 Å². The summed E-state index contributed by atoms with van der Waals surface area (Å²) in [5, 5.41) is 2.80. The molecular weight excluding hydrogens is 304 g/mol. The molecule has 1 aromatic carbocycles. The van der Waals surface area contributed by atoms with Crippen LogP contribution in [0.4, 0.5) is 16.2 Å². The molecule has 0 unspecified atom stereocenters. The third kappa shape index (κ3) is 3.79. The molecule has 2 rings (SSSR count). The number of anilines is 2. The van der Waals surface area contributed by atoms with Crippen LogP contribution in [0.2, 0.25) is 0 Å². The lowest BCUT2D eigenvalue weighted by atomic mass is 10.2. The zero-order valence-electron chi connectivity index (χ0n) is 12.7. The van der Waals surface area contributed by atoms with Crippen LogP contribution < -0.4 is 10.2 Å². The van der Waals surface area contributed by atoms with E-state index in [1.165, 1.54) is 19.1 Å². The molecule has 1 aliphatic heterocycles. The molecule has 8 heteroatoms. The first-order valence-electron chi connectivity index (χ1n) is 6.75. The molecule has 0 aliphatic carbocycles. The molecule has 1 aliphatic rings. The van der Waals surface area contributed by atoms with E-state index in [0.717, 1.165) is 6.08 Å². The van der Waals surface area contributed by atoms with E-state index in [0.29, 0.717) is 17.9 Å². The second-order valence-electron chi connectivity index (χ2n) is 4.48. The van der Waals surface area contributed by atoms with Gasteiger partial charge in [0, 0.05) is 0 Å². The SMILES string of the molecule is COC(=O)/C=C(/Nc1ccccc1N1CCOC1=O)C(=O)OC. The summed E-state index contributed by atoms with van der Waals surface area (Å²) in [6.07, 6.45) is 0.501. The number of methoxy groups -OCH3 is 2. The van der Waals surface area contributed by atoms with Crippen molar-refractivity contribution in [3.63, 3.8) is 0 Å². The Morgan fingerprint density at radius 3 is 2.61 bits per heavy atom. The molecule has 1 N–H and O–H groups in total. The molecule has 0 radical (unpaired) electrons. The number of hydrogen-bond acceptors (Lipinski definition) is 7. The maximum Gasteiger partial charge on any atom is 0.414 e. The molecule has 23 heavy (non-hydrogen) atoms. The predicted octanol–water partition coefficient (Wildman–Crippen LogP) is 1.28. The molecule has 0 spiro atoms. The largest absolute Gasteiger partial charge is 0.466 e. The average Bonchev–Trinajstić information content (AvgIpc) is 2.99. The Balaban J connectivity index is 2.33. The Hall–Kier alpha value is -3.03. The number of carbonyl (C=O) groups is 3. The van der Waals surface area contributed by atoms with Crippen molar-refractivity contribution < 1.29 is 28.6 Å². The van der Waals surface area contributed by atoms with Gasteiger partial charge in [-0.1, -0.05) is 12.1 Å². The van der Waals surface area contributed by atoms with E-state index >= 15 is 0 Å². The van der Waals surface area contributed by atoms with Crippen molar-refractivity contribution in [2.45, 2.75) is 0 Å². The number of ether oxygens (including phenoxy) is 3. The summed E-state index contributed by atoms with van der Waals surface area (Å²) in [6.45, 7) is 0.681. The maximum atomic E-state index is 11.8. The Kier molecular flexibility index (Phi) is 5.19. The van der Waals surface area contributed by atoms with Crippen LogP contribution in [0, 0.1) is 0 Å². The predicted molar refractivity (Wildman–Crippen MR) is 80.9 cm³/mol. The van der Waals surface area contributed by atoms with Gasteiger partial charge in [-0.25, -0.2) is 14.4 Å². The van der Waals surface area contributed by atoms with Gasteiger partial charge in [-0.2, -0.15) is 0 Å². The van der Waals surface area contributed by atoms with Gasteiger partial charge in [-0.15, -0.1) is 0 Å². The van der Waals surface area contributed by atoms with Crippen molar-refractivity contribution in [3.05, 3.63) is 36.0 Å². The fraction of sp³-hybridized carbons (Fsp3) is 0.267. The van der Waals surface area contributed by atoms with Gasteiger partial charge in [-0.3, -0.25) is 4.90 Å². The fourth-order valence-electron chi connectivity index (χ4n) is 2.00. The van der Waals surface area contributed by atoms with Crippen molar-refractivity contribution in [3.8, 4) is 0 Å². The second kappa shape index (κ2) is 7.30. The van der Waals surface area contributed by atoms with Gasteiger partial charge in [0.1, 0.15) is 12.3 Å². The van der Waals surface area contributed by atoms with Gasteiger partial charge in [0.05, 0.1) is 38.2 Å². The van der Waals surface area contributed by atoms with Crippen molar-refractivity contribution >= 4 is 29.4 Å². The number of hydrogen-bond donors (Lipinski definition) is 1. The first-order chi connectivity index (χ1) is 11.1. The third-order valence-corrected chi connectivity index (χ3v) is 3.09. The summed E-state index contributed by atoms with van der Waals surface area (Å²) in [5.41, 5.74) is 0.862. The summed E-state index contributed by atoms with van der Waals surface area (Å²) in [4.78, 5) is 36.3. The normalized spacial score (nSPS) is 14.3. The number of rotatable bonds is 5. The lowest BCUT2D eigenvalue weighted by Crippen LogP contribution is -2.25. The lowest BCUT2D eigenvalue weighted by Gasteiger charge is -2.18. The van der Waals surface area contributed by atoms with Crippen LogP contribution >= 0.6 is 0 Å². The Morgan fingerprint density at radius 1 is 1.26 bits per heavy atom. The maximum absolute atomic E-state index is 11.8. The van der Waals surface area contributed by atoms with E-state index in [1.54, 1.807) is 24.3 Å². The molecule has 1 saturated heterocycles. The number of cyclic esters (lactones) is 1. The third-order valence-electron chi connectivity index (χ3n) is 3.09. The van der Waals surface area contributed by atoms with Gasteiger partial charge in [0.25, 0.3) is 0 Å². The molecule has 1 fully saturated rings. The molecule has 122 valence electrons. The lowest BCUT2D eigenvalue weighted by molar-refractivity contribution is -0.138. The van der Waals surface area contributed by atoms with Gasteiger partial charge < -0.3 is 19.5 Å². The number of benzene rings is 1. The first-order valence-corrected chi connectivity index (χ1v) is 6.75. The Morgan fingerprint density at radius 2 is 2.00 bits per heavy atom. The van der Waals surface area contributed by atoms with Crippen molar-refractivity contribution in [1.82, 2.24) is 0 Å². The molecule has 1 heterocycles. The molecular formula is C15H16N2O6. The zero-order valence-corrected chi connectivity index (χ0v) is 12.7. The minimum atomic E-state index is -0.741. The van der Waals surface area contributed by atoms with Gasteiger partial charge in [0.2, 0.25) is 0 Å². The van der Waals surface area contributed by atoms with Crippen LogP contribution in [0.25, 0.3) is 0 Å². The highest BCUT2D eigenvalue weighted by molar-refractivity contribution is 6.01. The number of carbonyl (C=O) groups excluding carboxylic acids is 3. The molecule has 0 bridgehead atoms. The minimum Gasteiger partial charge on any atom is -0.466 e. The van der Waals surface area contributed by atoms with Crippen LogP contribution in [0.5, 0.6) is 0 Å². The van der Waals surface area contributed by atoms with Crippen LogP contribution in [-0.2, 0) is 23.8 Å². The Bertz CT molecular complexity index is 655. The number of esters is 2. The minimum absolute atomic E-state index is 0.112. The molecule has 8 nitrogen and oxygen atoms in total. The number of amides is 1. The van der Waals surface area contributed by atoms with Crippen LogP contribution in [0.15, 0.2) is 36.0 Å². The highest BCUT2D eigenvalue weighted by Crippen LogP contribution is 2.29. The first kappa shape index (κ1) is 16.3. The molecule has 1 amide bonds. The summed E-state index contributed by atoms with van der Waals surface area (Å²) in [5.74, 6) is -1.45. The summed E-state index contributed by atoms with van der Waals surface area (Å²) < 4.78 is 14.1. The van der Waals surface area contributed by atoms with Crippen molar-refractivity contribution in [1.29, 1.82) is 0 Å². The Labute approximate surface area is 132 Å². The number of nitrogens with zero attached hydrogens (tertiary/aromatic N) is 1. The van der Waals surface area contributed by atoms with E-state index < -0.39 is 18.0 Å². The highest BCUT2D eigenvalue weighted by Gasteiger charge is 2.26. The average molecular weight is 320 g/mol. The van der Waals surface area contributed by atoms with Gasteiger partial charge in [-0.05, 0) is 12.1 Å². The molecule has 1 aromatic rings. The monoisotopic (exact) mass is 320 g/mol. The number of para-hydroxylation sites is 2. The quantitative estimate of drug-likeness (QED) is 0.496. The standard InChI is InChI=1S/C15H16N2O6/c1-21-13(18)9-11(14(19)22-2)16-10-5-3-4-6-12(10)17-7-8-23-15(17)20/h3-6,9,16H,7-8H2,1-2H3/b11-9+. The zero-order chi connectivity index (χ0) is 16.8. The number of nitrogens with one attached hydrogen (secondary N) is 1. The van der Waals surface area contributed by atoms with E-state index in [4.69, 9.17) is 4.74 Å². The van der Waals surface area contributed by atoms with Gasteiger partial charge in [0.15, 0.2) is 0 Å². The van der Waals surface area contributed by atoms with Crippen LogP contribution in [0.3, 0.4) is 0 Å². The van der Waals surface area contributed by atoms with Gasteiger partial charge >= 0.3 is 18.0 Å². The molecule has 0 atom stereocenters. The van der Waals surface area contributed by atoms with E-state index in [1.807, 2.05) is 0 Å². The molecule has 0 saturated carbocycles. The van der Waals surface area contributed by atoms with E-state index in [9.17, 15) is 14.4 Å². The fourth-order valence-corrected chi connectivity index (χ4v) is 2.00. The smallest absolute Gasteiger partial charge is 0.414 e. The summed E-state index contributed by atoms with van der Waals surface area (Å²) in [7, 11) is 2.39. The highest BCUT2D eigenvalue weighted by atomic mass is 16.6. The van der Waals surface area contributed by atoms with Crippen LogP contribution in [0.1, 0.15) is 0 Å². The summed E-state index contributed by atoms with van der Waals surface area (Å²) in [6, 6.07) is 6.82. The summed E-state index contributed by atoms with van der Waals surface area (Å²) >= 11 is 0. The molecule has 0 aromatic heterocycles. The topological polar surface area (TPSA) is 94.2 Å². The van der Waals surface area contributed by atoms with Crippen molar-refractivity contribution in [2.75, 3.05) is 37.6 Å². The van der Waals surface area contributed by atoms with E-state index in [-0.39, 0.29) is 12.3 Å². The second-order valence-corrected chi connectivity index (χ2v) is 4.48.